The van der Waals surface area contributed by atoms with Gasteiger partial charge in [0, 0.05) is 36.7 Å². The highest BCUT2D eigenvalue weighted by Crippen LogP contribution is 2.32. The molecule has 1 atom stereocenters. The van der Waals surface area contributed by atoms with Crippen LogP contribution in [0.25, 0.3) is 0 Å². The zero-order chi connectivity index (χ0) is 16.7. The second-order valence-corrected chi connectivity index (χ2v) is 8.72. The lowest BCUT2D eigenvalue weighted by Gasteiger charge is -2.33. The first-order valence-electron chi connectivity index (χ1n) is 8.44. The lowest BCUT2D eigenvalue weighted by molar-refractivity contribution is 0.238. The summed E-state index contributed by atoms with van der Waals surface area (Å²) in [7, 11) is 2.18. The molecule has 0 amide bonds. The SMILES string of the molecule is C=CC(CC(=C)N(C)CC1CCC(C(=C)N)CC1)SC(C)C. The van der Waals surface area contributed by atoms with Crippen LogP contribution in [0.5, 0.6) is 0 Å². The summed E-state index contributed by atoms with van der Waals surface area (Å²) in [6.07, 6.45) is 7.95. The first-order valence-corrected chi connectivity index (χ1v) is 9.39. The fourth-order valence-corrected chi connectivity index (χ4v) is 4.26. The molecule has 2 nitrogen and oxygen atoms in total. The van der Waals surface area contributed by atoms with Crippen LogP contribution in [-0.4, -0.2) is 29.0 Å². The van der Waals surface area contributed by atoms with E-state index < -0.39 is 0 Å². The maximum atomic E-state index is 5.84. The molecule has 0 heterocycles. The van der Waals surface area contributed by atoms with Crippen molar-refractivity contribution in [1.82, 2.24) is 4.90 Å². The third-order valence-corrected chi connectivity index (χ3v) is 5.84. The number of hydrogen-bond donors (Lipinski definition) is 1. The van der Waals surface area contributed by atoms with E-state index in [4.69, 9.17) is 5.73 Å². The Hall–Kier alpha value is -0.830. The predicted octanol–water partition coefficient (Wildman–Crippen LogP) is 4.80. The molecular formula is C19H34N2S. The van der Waals surface area contributed by atoms with Crippen molar-refractivity contribution < 1.29 is 0 Å². The van der Waals surface area contributed by atoms with Crippen molar-refractivity contribution >= 4 is 11.8 Å². The summed E-state index contributed by atoms with van der Waals surface area (Å²) in [6, 6.07) is 0. The van der Waals surface area contributed by atoms with E-state index in [1.165, 1.54) is 31.4 Å². The maximum absolute atomic E-state index is 5.84. The molecule has 0 aliphatic heterocycles. The van der Waals surface area contributed by atoms with Crippen LogP contribution >= 0.6 is 11.8 Å². The monoisotopic (exact) mass is 322 g/mol. The minimum Gasteiger partial charge on any atom is -0.402 e. The molecule has 1 aliphatic rings. The Morgan fingerprint density at radius 3 is 2.32 bits per heavy atom. The van der Waals surface area contributed by atoms with E-state index in [-0.39, 0.29) is 0 Å². The van der Waals surface area contributed by atoms with E-state index in [9.17, 15) is 0 Å². The second-order valence-electron chi connectivity index (χ2n) is 6.90. The molecule has 0 aromatic heterocycles. The molecule has 126 valence electrons. The molecule has 1 fully saturated rings. The third-order valence-electron chi connectivity index (χ3n) is 4.59. The summed E-state index contributed by atoms with van der Waals surface area (Å²) < 4.78 is 0. The molecule has 0 saturated heterocycles. The minimum absolute atomic E-state index is 0.464. The van der Waals surface area contributed by atoms with Crippen molar-refractivity contribution in [2.75, 3.05) is 13.6 Å². The Morgan fingerprint density at radius 2 is 1.86 bits per heavy atom. The van der Waals surface area contributed by atoms with Gasteiger partial charge in [-0.2, -0.15) is 11.8 Å². The zero-order valence-corrected chi connectivity index (χ0v) is 15.5. The van der Waals surface area contributed by atoms with Gasteiger partial charge in [0.25, 0.3) is 0 Å². The van der Waals surface area contributed by atoms with Crippen LogP contribution in [0.3, 0.4) is 0 Å². The van der Waals surface area contributed by atoms with Crippen LogP contribution in [0.15, 0.2) is 37.2 Å². The van der Waals surface area contributed by atoms with Gasteiger partial charge >= 0.3 is 0 Å². The predicted molar refractivity (Wildman–Crippen MR) is 102 cm³/mol. The lowest BCUT2D eigenvalue weighted by Crippen LogP contribution is -2.29. The van der Waals surface area contributed by atoms with Gasteiger partial charge in [-0.1, -0.05) is 33.1 Å². The Labute approximate surface area is 141 Å². The fourth-order valence-electron chi connectivity index (χ4n) is 3.16. The number of thioether (sulfide) groups is 1. The van der Waals surface area contributed by atoms with Crippen molar-refractivity contribution in [1.29, 1.82) is 0 Å². The average molecular weight is 323 g/mol. The highest BCUT2D eigenvalue weighted by atomic mass is 32.2. The topological polar surface area (TPSA) is 29.3 Å². The molecule has 0 bridgehead atoms. The summed E-state index contributed by atoms with van der Waals surface area (Å²) in [5.41, 5.74) is 7.94. The summed E-state index contributed by atoms with van der Waals surface area (Å²) in [6.45, 7) is 17.7. The Bertz CT molecular complexity index is 381. The molecule has 22 heavy (non-hydrogen) atoms. The average Bonchev–Trinajstić information content (AvgIpc) is 2.46. The van der Waals surface area contributed by atoms with E-state index in [0.29, 0.717) is 16.4 Å². The molecule has 3 heteroatoms. The number of hydrogen-bond acceptors (Lipinski definition) is 3. The van der Waals surface area contributed by atoms with Crippen LogP contribution in [0, 0.1) is 11.8 Å². The minimum atomic E-state index is 0.464. The van der Waals surface area contributed by atoms with Crippen LogP contribution in [0.1, 0.15) is 46.0 Å². The standard InChI is InChI=1S/C19H34N2S/c1-7-19(22-14(2)3)12-15(4)21(6)13-17-8-10-18(11-9-17)16(5)20/h7,14,17-19H,1,4-5,8-13,20H2,2-3,6H3. The number of rotatable bonds is 9. The van der Waals surface area contributed by atoms with Crippen LogP contribution in [0.4, 0.5) is 0 Å². The highest BCUT2D eigenvalue weighted by molar-refractivity contribution is 8.00. The normalized spacial score (nSPS) is 23.1. The molecule has 0 radical (unpaired) electrons. The number of nitrogens with two attached hydrogens (primary N) is 1. The molecule has 0 aromatic carbocycles. The smallest absolute Gasteiger partial charge is 0.0281 e. The molecule has 0 aromatic rings. The van der Waals surface area contributed by atoms with Crippen LogP contribution in [0.2, 0.25) is 0 Å². The summed E-state index contributed by atoms with van der Waals surface area (Å²) >= 11 is 1.97. The first kappa shape index (κ1) is 19.2. The van der Waals surface area contributed by atoms with E-state index in [1.54, 1.807) is 0 Å². The van der Waals surface area contributed by atoms with Crippen LogP contribution in [-0.2, 0) is 0 Å². The van der Waals surface area contributed by atoms with Gasteiger partial charge in [0.05, 0.1) is 0 Å². The van der Waals surface area contributed by atoms with Gasteiger partial charge < -0.3 is 10.6 Å². The Kier molecular flexibility index (Phi) is 8.16. The third kappa shape index (κ3) is 6.51. The van der Waals surface area contributed by atoms with E-state index in [1.807, 2.05) is 11.8 Å². The second kappa shape index (κ2) is 9.34. The molecule has 1 rings (SSSR count). The molecule has 1 unspecified atom stereocenters. The molecule has 2 N–H and O–H groups in total. The summed E-state index contributed by atoms with van der Waals surface area (Å²) in [4.78, 5) is 2.35. The van der Waals surface area contributed by atoms with Crippen molar-refractivity contribution in [2.24, 2.45) is 17.6 Å². The molecule has 0 spiro atoms. The molecule has 1 aliphatic carbocycles. The van der Waals surface area contributed by atoms with Gasteiger partial charge in [-0.25, -0.2) is 0 Å². The van der Waals surface area contributed by atoms with E-state index in [2.05, 4.69) is 51.6 Å². The summed E-state index contributed by atoms with van der Waals surface area (Å²) in [5.74, 6) is 1.30. The Morgan fingerprint density at radius 1 is 1.27 bits per heavy atom. The first-order chi connectivity index (χ1) is 10.3. The van der Waals surface area contributed by atoms with Gasteiger partial charge in [0.2, 0.25) is 0 Å². The summed E-state index contributed by atoms with van der Waals surface area (Å²) in [5, 5.41) is 1.09. The van der Waals surface area contributed by atoms with Crippen molar-refractivity contribution in [3.05, 3.63) is 37.2 Å². The van der Waals surface area contributed by atoms with Crippen molar-refractivity contribution in [3.8, 4) is 0 Å². The van der Waals surface area contributed by atoms with Gasteiger partial charge in [0.1, 0.15) is 0 Å². The van der Waals surface area contributed by atoms with Crippen molar-refractivity contribution in [2.45, 2.75) is 56.5 Å². The fraction of sp³-hybridized carbons (Fsp3) is 0.684. The van der Waals surface area contributed by atoms with Crippen LogP contribution < -0.4 is 5.73 Å². The molecule has 1 saturated carbocycles. The van der Waals surface area contributed by atoms with Gasteiger partial charge in [-0.05, 0) is 42.8 Å². The quantitative estimate of drug-likeness (QED) is 0.618. The Balaban J connectivity index is 2.38. The van der Waals surface area contributed by atoms with Gasteiger partial charge in [-0.3, -0.25) is 0 Å². The number of allylic oxidation sites excluding steroid dienone is 2. The van der Waals surface area contributed by atoms with E-state index in [0.717, 1.165) is 24.6 Å². The van der Waals surface area contributed by atoms with E-state index >= 15 is 0 Å². The highest BCUT2D eigenvalue weighted by Gasteiger charge is 2.23. The van der Waals surface area contributed by atoms with Gasteiger partial charge in [0.15, 0.2) is 0 Å². The lowest BCUT2D eigenvalue weighted by atomic mass is 9.80. The van der Waals surface area contributed by atoms with Crippen molar-refractivity contribution in [3.63, 3.8) is 0 Å². The maximum Gasteiger partial charge on any atom is 0.0281 e. The largest absolute Gasteiger partial charge is 0.402 e. The molecular weight excluding hydrogens is 288 g/mol. The zero-order valence-electron chi connectivity index (χ0n) is 14.7. The van der Waals surface area contributed by atoms with Gasteiger partial charge in [-0.15, -0.1) is 6.58 Å². The number of nitrogens with zero attached hydrogens (tertiary/aromatic N) is 1.